The van der Waals surface area contributed by atoms with E-state index in [-0.39, 0.29) is 12.2 Å². The van der Waals surface area contributed by atoms with Crippen LogP contribution in [0.15, 0.2) is 0 Å². The van der Waals surface area contributed by atoms with E-state index in [0.717, 1.165) is 31.6 Å². The van der Waals surface area contributed by atoms with Gasteiger partial charge in [-0.15, -0.1) is 0 Å². The van der Waals surface area contributed by atoms with Crippen LogP contribution >= 0.6 is 0 Å². The first kappa shape index (κ1) is 12.5. The van der Waals surface area contributed by atoms with Gasteiger partial charge in [0.05, 0.1) is 5.60 Å². The fourth-order valence-electron chi connectivity index (χ4n) is 2.34. The molecule has 0 atom stereocenters. The molecule has 1 aliphatic carbocycles. The lowest BCUT2D eigenvalue weighted by atomic mass is 9.73. The normalized spacial score (nSPS) is 31.9. The number of hydrogen-bond acceptors (Lipinski definition) is 2. The van der Waals surface area contributed by atoms with Crippen molar-refractivity contribution in [1.82, 2.24) is 0 Å². The Kier molecular flexibility index (Phi) is 4.14. The molecule has 0 radical (unpaired) electrons. The minimum atomic E-state index is -0.867. The molecular weight excluding hydrogens is 192 g/mol. The highest BCUT2D eigenvalue weighted by molar-refractivity contribution is 5.68. The van der Waals surface area contributed by atoms with Crippen molar-refractivity contribution in [3.05, 3.63) is 0 Å². The first-order valence-electron chi connectivity index (χ1n) is 5.82. The molecule has 0 aromatic heterocycles. The highest BCUT2D eigenvalue weighted by Gasteiger charge is 2.38. The average molecular weight is 214 g/mol. The molecule has 1 rings (SSSR count). The van der Waals surface area contributed by atoms with Crippen LogP contribution in [0.3, 0.4) is 0 Å². The van der Waals surface area contributed by atoms with E-state index in [2.05, 4.69) is 20.8 Å². The molecule has 3 nitrogen and oxygen atoms in total. The second-order valence-electron chi connectivity index (χ2n) is 5.08. The van der Waals surface area contributed by atoms with E-state index in [4.69, 9.17) is 9.84 Å². The van der Waals surface area contributed by atoms with E-state index in [1.807, 2.05) is 0 Å². The van der Waals surface area contributed by atoms with Crippen LogP contribution < -0.4 is 0 Å². The zero-order chi connectivity index (χ0) is 11.5. The molecule has 0 spiro atoms. The topological polar surface area (TPSA) is 46.5 Å². The summed E-state index contributed by atoms with van der Waals surface area (Å²) < 4.78 is 5.64. The first-order valence-corrected chi connectivity index (χ1v) is 5.82. The Hall–Kier alpha value is -0.570. The van der Waals surface area contributed by atoms with Crippen molar-refractivity contribution in [2.24, 2.45) is 11.8 Å². The summed E-state index contributed by atoms with van der Waals surface area (Å²) in [6.07, 6.45) is 4.30. The summed E-state index contributed by atoms with van der Waals surface area (Å²) in [5.41, 5.74) is -0.190. The fourth-order valence-corrected chi connectivity index (χ4v) is 2.34. The van der Waals surface area contributed by atoms with Gasteiger partial charge in [-0.25, -0.2) is 4.79 Å². The van der Waals surface area contributed by atoms with Crippen LogP contribution in [0, 0.1) is 11.8 Å². The summed E-state index contributed by atoms with van der Waals surface area (Å²) in [7, 11) is 0. The molecule has 0 aromatic rings. The first-order chi connectivity index (χ1) is 6.96. The predicted octanol–water partition coefficient (Wildman–Crippen LogP) is 2.69. The van der Waals surface area contributed by atoms with Crippen LogP contribution in [-0.4, -0.2) is 23.3 Å². The lowest BCUT2D eigenvalue weighted by molar-refractivity contribution is -0.158. The van der Waals surface area contributed by atoms with Crippen molar-refractivity contribution in [2.75, 3.05) is 6.61 Å². The van der Waals surface area contributed by atoms with Gasteiger partial charge < -0.3 is 9.84 Å². The van der Waals surface area contributed by atoms with Crippen molar-refractivity contribution < 1.29 is 14.6 Å². The second-order valence-corrected chi connectivity index (χ2v) is 5.08. The molecule has 3 heteroatoms. The Balaban J connectivity index is 2.59. The van der Waals surface area contributed by atoms with Crippen LogP contribution in [0.4, 0.5) is 0 Å². The number of aliphatic carboxylic acids is 1. The Bertz CT molecular complexity index is 215. The van der Waals surface area contributed by atoms with E-state index in [0.29, 0.717) is 5.92 Å². The van der Waals surface area contributed by atoms with Gasteiger partial charge in [0.25, 0.3) is 0 Å². The SMILES string of the molecule is CC1CCC(OCC(=O)O)(C(C)C)CC1. The van der Waals surface area contributed by atoms with Gasteiger partial charge in [0.1, 0.15) is 6.61 Å². The minimum absolute atomic E-state index is 0.160. The fraction of sp³-hybridized carbons (Fsp3) is 0.917. The Morgan fingerprint density at radius 1 is 1.47 bits per heavy atom. The maximum Gasteiger partial charge on any atom is 0.329 e. The van der Waals surface area contributed by atoms with Gasteiger partial charge in [0.15, 0.2) is 0 Å². The highest BCUT2D eigenvalue weighted by atomic mass is 16.5. The predicted molar refractivity (Wildman–Crippen MR) is 58.8 cm³/mol. The van der Waals surface area contributed by atoms with Gasteiger partial charge in [0, 0.05) is 0 Å². The zero-order valence-corrected chi connectivity index (χ0v) is 9.95. The molecule has 0 aromatic carbocycles. The molecule has 1 saturated carbocycles. The van der Waals surface area contributed by atoms with E-state index in [9.17, 15) is 4.79 Å². The van der Waals surface area contributed by atoms with Crippen LogP contribution in [0.2, 0.25) is 0 Å². The standard InChI is InChI=1S/C12H22O3/c1-9(2)12(15-8-11(13)14)6-4-10(3)5-7-12/h9-10H,4-8H2,1-3H3,(H,13,14). The molecular formula is C12H22O3. The Labute approximate surface area is 91.8 Å². The molecule has 1 fully saturated rings. The molecule has 0 unspecified atom stereocenters. The van der Waals surface area contributed by atoms with Crippen molar-refractivity contribution >= 4 is 5.97 Å². The lowest BCUT2D eigenvalue weighted by Crippen LogP contribution is -2.43. The lowest BCUT2D eigenvalue weighted by Gasteiger charge is -2.42. The summed E-state index contributed by atoms with van der Waals surface area (Å²) in [6.45, 7) is 6.34. The molecule has 1 N–H and O–H groups in total. The number of carboxylic acids is 1. The summed E-state index contributed by atoms with van der Waals surface area (Å²) >= 11 is 0. The Morgan fingerprint density at radius 3 is 2.40 bits per heavy atom. The quantitative estimate of drug-likeness (QED) is 0.782. The van der Waals surface area contributed by atoms with Gasteiger partial charge in [-0.2, -0.15) is 0 Å². The smallest absolute Gasteiger partial charge is 0.329 e. The third-order valence-corrected chi connectivity index (χ3v) is 3.66. The molecule has 1 aliphatic rings. The molecule has 88 valence electrons. The van der Waals surface area contributed by atoms with Gasteiger partial charge in [-0.1, -0.05) is 20.8 Å². The maximum absolute atomic E-state index is 10.5. The third-order valence-electron chi connectivity index (χ3n) is 3.66. The van der Waals surface area contributed by atoms with Crippen molar-refractivity contribution in [3.8, 4) is 0 Å². The molecule has 0 bridgehead atoms. The van der Waals surface area contributed by atoms with E-state index >= 15 is 0 Å². The molecule has 0 amide bonds. The number of carboxylic acid groups (broad SMARTS) is 1. The van der Waals surface area contributed by atoms with Gasteiger partial charge in [0.2, 0.25) is 0 Å². The highest BCUT2D eigenvalue weighted by Crippen LogP contribution is 2.39. The number of rotatable bonds is 4. The minimum Gasteiger partial charge on any atom is -0.480 e. The monoisotopic (exact) mass is 214 g/mol. The Morgan fingerprint density at radius 2 is 2.00 bits per heavy atom. The van der Waals surface area contributed by atoms with Crippen LogP contribution in [0.1, 0.15) is 46.5 Å². The summed E-state index contributed by atoms with van der Waals surface area (Å²) in [4.78, 5) is 10.5. The third kappa shape index (κ3) is 3.20. The maximum atomic E-state index is 10.5. The zero-order valence-electron chi connectivity index (χ0n) is 9.95. The van der Waals surface area contributed by atoms with E-state index < -0.39 is 5.97 Å². The molecule has 15 heavy (non-hydrogen) atoms. The summed E-state index contributed by atoms with van der Waals surface area (Å²) in [6, 6.07) is 0. The van der Waals surface area contributed by atoms with Crippen LogP contribution in [-0.2, 0) is 9.53 Å². The number of ether oxygens (including phenoxy) is 1. The van der Waals surface area contributed by atoms with Crippen molar-refractivity contribution in [3.63, 3.8) is 0 Å². The van der Waals surface area contributed by atoms with Gasteiger partial charge in [-0.05, 0) is 37.5 Å². The average Bonchev–Trinajstić information content (AvgIpc) is 2.17. The molecule has 0 aliphatic heterocycles. The van der Waals surface area contributed by atoms with Crippen LogP contribution in [0.5, 0.6) is 0 Å². The second kappa shape index (κ2) is 4.97. The summed E-state index contributed by atoms with van der Waals surface area (Å²) in [5.74, 6) is 0.281. The van der Waals surface area contributed by atoms with E-state index in [1.165, 1.54) is 0 Å². The number of hydrogen-bond donors (Lipinski definition) is 1. The van der Waals surface area contributed by atoms with Crippen molar-refractivity contribution in [1.29, 1.82) is 0 Å². The molecule has 0 saturated heterocycles. The van der Waals surface area contributed by atoms with Crippen LogP contribution in [0.25, 0.3) is 0 Å². The van der Waals surface area contributed by atoms with Crippen molar-refractivity contribution in [2.45, 2.75) is 52.1 Å². The van der Waals surface area contributed by atoms with Gasteiger partial charge >= 0.3 is 5.97 Å². The summed E-state index contributed by atoms with van der Waals surface area (Å²) in [5, 5.41) is 8.67. The van der Waals surface area contributed by atoms with E-state index in [1.54, 1.807) is 0 Å². The largest absolute Gasteiger partial charge is 0.480 e. The molecule has 0 heterocycles. The number of carbonyl (C=O) groups is 1. The van der Waals surface area contributed by atoms with Gasteiger partial charge in [-0.3, -0.25) is 0 Å².